The van der Waals surface area contributed by atoms with Gasteiger partial charge in [0.05, 0.1) is 5.60 Å². The highest BCUT2D eigenvalue weighted by molar-refractivity contribution is 5.76. The Balaban J connectivity index is 3.75. The van der Waals surface area contributed by atoms with Crippen molar-refractivity contribution in [2.75, 3.05) is 6.54 Å². The van der Waals surface area contributed by atoms with Gasteiger partial charge >= 0.3 is 0 Å². The quantitative estimate of drug-likeness (QED) is 0.687. The standard InChI is InChI=1S/C11H23NO2/c1-5-9(6-2)7-10(13)12-8-11(3,4)14/h9,14H,5-8H2,1-4H3,(H,12,13). The van der Waals surface area contributed by atoms with Crippen LogP contribution in [0.4, 0.5) is 0 Å². The van der Waals surface area contributed by atoms with E-state index in [0.717, 1.165) is 12.8 Å². The van der Waals surface area contributed by atoms with Gasteiger partial charge in [-0.25, -0.2) is 0 Å². The molecule has 0 radical (unpaired) electrons. The monoisotopic (exact) mass is 201 g/mol. The van der Waals surface area contributed by atoms with Gasteiger partial charge in [-0.1, -0.05) is 26.7 Å². The van der Waals surface area contributed by atoms with E-state index in [1.54, 1.807) is 13.8 Å². The molecule has 0 saturated heterocycles. The molecule has 0 aromatic carbocycles. The van der Waals surface area contributed by atoms with Gasteiger partial charge in [0.15, 0.2) is 0 Å². The van der Waals surface area contributed by atoms with Gasteiger partial charge in [-0.05, 0) is 19.8 Å². The lowest BCUT2D eigenvalue weighted by atomic mass is 9.99. The highest BCUT2D eigenvalue weighted by Crippen LogP contribution is 2.11. The third-order valence-corrected chi connectivity index (χ3v) is 2.35. The smallest absolute Gasteiger partial charge is 0.220 e. The number of hydrogen-bond donors (Lipinski definition) is 2. The van der Waals surface area contributed by atoms with E-state index >= 15 is 0 Å². The molecular weight excluding hydrogens is 178 g/mol. The van der Waals surface area contributed by atoms with Crippen molar-refractivity contribution < 1.29 is 9.90 Å². The van der Waals surface area contributed by atoms with Crippen LogP contribution in [-0.4, -0.2) is 23.2 Å². The number of hydrogen-bond acceptors (Lipinski definition) is 2. The van der Waals surface area contributed by atoms with Crippen molar-refractivity contribution >= 4 is 5.91 Å². The van der Waals surface area contributed by atoms with Crippen LogP contribution in [-0.2, 0) is 4.79 Å². The van der Waals surface area contributed by atoms with Crippen molar-refractivity contribution in [3.05, 3.63) is 0 Å². The molecule has 0 rings (SSSR count). The highest BCUT2D eigenvalue weighted by Gasteiger charge is 2.15. The Bertz CT molecular complexity index is 169. The number of amides is 1. The lowest BCUT2D eigenvalue weighted by Gasteiger charge is -2.19. The van der Waals surface area contributed by atoms with Crippen molar-refractivity contribution in [3.8, 4) is 0 Å². The molecule has 0 aromatic rings. The van der Waals surface area contributed by atoms with Crippen LogP contribution in [0.1, 0.15) is 47.0 Å². The maximum absolute atomic E-state index is 11.4. The van der Waals surface area contributed by atoms with Crippen LogP contribution in [0.3, 0.4) is 0 Å². The normalized spacial score (nSPS) is 11.9. The number of carbonyl (C=O) groups excluding carboxylic acids is 1. The molecule has 0 fully saturated rings. The van der Waals surface area contributed by atoms with E-state index in [2.05, 4.69) is 19.2 Å². The summed E-state index contributed by atoms with van der Waals surface area (Å²) in [5.41, 5.74) is -0.816. The van der Waals surface area contributed by atoms with Crippen LogP contribution in [0.2, 0.25) is 0 Å². The van der Waals surface area contributed by atoms with Crippen LogP contribution in [0.5, 0.6) is 0 Å². The molecule has 0 saturated carbocycles. The van der Waals surface area contributed by atoms with Crippen molar-refractivity contribution in [2.24, 2.45) is 5.92 Å². The van der Waals surface area contributed by atoms with Gasteiger partial charge in [-0.15, -0.1) is 0 Å². The number of nitrogens with one attached hydrogen (secondary N) is 1. The first-order chi connectivity index (χ1) is 6.39. The Kier molecular flexibility index (Phi) is 5.77. The van der Waals surface area contributed by atoms with Gasteiger partial charge in [0.25, 0.3) is 0 Å². The summed E-state index contributed by atoms with van der Waals surface area (Å²) < 4.78 is 0. The summed E-state index contributed by atoms with van der Waals surface area (Å²) in [6.07, 6.45) is 2.64. The fourth-order valence-electron chi connectivity index (χ4n) is 1.23. The summed E-state index contributed by atoms with van der Waals surface area (Å²) in [5.74, 6) is 0.512. The molecule has 0 atom stereocenters. The van der Waals surface area contributed by atoms with Gasteiger partial charge in [-0.3, -0.25) is 4.79 Å². The van der Waals surface area contributed by atoms with Gasteiger partial charge in [0, 0.05) is 13.0 Å². The fourth-order valence-corrected chi connectivity index (χ4v) is 1.23. The fraction of sp³-hybridized carbons (Fsp3) is 0.909. The Morgan fingerprint density at radius 1 is 1.36 bits per heavy atom. The highest BCUT2D eigenvalue weighted by atomic mass is 16.3. The van der Waals surface area contributed by atoms with E-state index in [4.69, 9.17) is 0 Å². The van der Waals surface area contributed by atoms with E-state index in [-0.39, 0.29) is 5.91 Å². The van der Waals surface area contributed by atoms with Crippen LogP contribution < -0.4 is 5.32 Å². The lowest BCUT2D eigenvalue weighted by Crippen LogP contribution is -2.38. The zero-order chi connectivity index (χ0) is 11.2. The summed E-state index contributed by atoms with van der Waals surface area (Å²) in [5, 5.41) is 12.1. The third-order valence-electron chi connectivity index (χ3n) is 2.35. The average molecular weight is 201 g/mol. The van der Waals surface area contributed by atoms with Crippen LogP contribution in [0, 0.1) is 5.92 Å². The Labute approximate surface area is 86.9 Å². The van der Waals surface area contributed by atoms with Gasteiger partial charge < -0.3 is 10.4 Å². The van der Waals surface area contributed by atoms with Crippen LogP contribution in [0.25, 0.3) is 0 Å². The zero-order valence-electron chi connectivity index (χ0n) is 9.76. The van der Waals surface area contributed by atoms with Crippen molar-refractivity contribution in [3.63, 3.8) is 0 Å². The van der Waals surface area contributed by atoms with E-state index in [9.17, 15) is 9.90 Å². The predicted octanol–water partition coefficient (Wildman–Crippen LogP) is 1.70. The molecule has 1 amide bonds. The van der Waals surface area contributed by atoms with E-state index in [0.29, 0.717) is 18.9 Å². The topological polar surface area (TPSA) is 49.3 Å². The van der Waals surface area contributed by atoms with Gasteiger partial charge in [-0.2, -0.15) is 0 Å². The number of carbonyl (C=O) groups is 1. The number of aliphatic hydroxyl groups is 1. The summed E-state index contributed by atoms with van der Waals surface area (Å²) in [6, 6.07) is 0. The molecule has 0 aromatic heterocycles. The van der Waals surface area contributed by atoms with E-state index in [1.165, 1.54) is 0 Å². The predicted molar refractivity (Wildman–Crippen MR) is 58.0 cm³/mol. The molecule has 84 valence electrons. The summed E-state index contributed by atoms with van der Waals surface area (Å²) in [7, 11) is 0. The van der Waals surface area contributed by atoms with Gasteiger partial charge in [0.2, 0.25) is 5.91 Å². The summed E-state index contributed by atoms with van der Waals surface area (Å²) in [4.78, 5) is 11.4. The first-order valence-electron chi connectivity index (χ1n) is 5.38. The Morgan fingerprint density at radius 3 is 2.21 bits per heavy atom. The largest absolute Gasteiger partial charge is 0.389 e. The first kappa shape index (κ1) is 13.4. The first-order valence-corrected chi connectivity index (χ1v) is 5.38. The Morgan fingerprint density at radius 2 is 1.86 bits per heavy atom. The van der Waals surface area contributed by atoms with Crippen LogP contribution >= 0.6 is 0 Å². The molecule has 0 bridgehead atoms. The molecule has 0 aliphatic carbocycles. The summed E-state index contributed by atoms with van der Waals surface area (Å²) in [6.45, 7) is 7.88. The minimum Gasteiger partial charge on any atom is -0.389 e. The Hall–Kier alpha value is -0.570. The second-order valence-corrected chi connectivity index (χ2v) is 4.48. The van der Waals surface area contributed by atoms with E-state index in [1.807, 2.05) is 0 Å². The van der Waals surface area contributed by atoms with Crippen molar-refractivity contribution in [2.45, 2.75) is 52.6 Å². The molecule has 0 heterocycles. The van der Waals surface area contributed by atoms with Crippen molar-refractivity contribution in [1.29, 1.82) is 0 Å². The number of rotatable bonds is 6. The maximum Gasteiger partial charge on any atom is 0.220 e. The zero-order valence-corrected chi connectivity index (χ0v) is 9.76. The molecule has 0 aliphatic heterocycles. The molecule has 2 N–H and O–H groups in total. The molecule has 3 nitrogen and oxygen atoms in total. The molecule has 3 heteroatoms. The van der Waals surface area contributed by atoms with Gasteiger partial charge in [0.1, 0.15) is 0 Å². The minimum absolute atomic E-state index is 0.0424. The second-order valence-electron chi connectivity index (χ2n) is 4.48. The summed E-state index contributed by atoms with van der Waals surface area (Å²) >= 11 is 0. The lowest BCUT2D eigenvalue weighted by molar-refractivity contribution is -0.123. The van der Waals surface area contributed by atoms with E-state index < -0.39 is 5.60 Å². The molecule has 0 aliphatic rings. The molecule has 0 spiro atoms. The van der Waals surface area contributed by atoms with Crippen LogP contribution in [0.15, 0.2) is 0 Å². The second kappa shape index (κ2) is 6.02. The minimum atomic E-state index is -0.816. The SMILES string of the molecule is CCC(CC)CC(=O)NCC(C)(C)O. The average Bonchev–Trinajstić information content (AvgIpc) is 2.09. The maximum atomic E-state index is 11.4. The molecule has 0 unspecified atom stereocenters. The molecule has 14 heavy (non-hydrogen) atoms. The van der Waals surface area contributed by atoms with Crippen molar-refractivity contribution in [1.82, 2.24) is 5.32 Å². The third kappa shape index (κ3) is 6.89. The molecular formula is C11H23NO2.